The first-order chi connectivity index (χ1) is 10.5. The monoisotopic (exact) mass is 325 g/mol. The van der Waals surface area contributed by atoms with Crippen LogP contribution in [0.1, 0.15) is 60.8 Å². The van der Waals surface area contributed by atoms with Crippen LogP contribution in [-0.2, 0) is 14.3 Å². The summed E-state index contributed by atoms with van der Waals surface area (Å²) in [5.41, 5.74) is 0.415. The molecule has 1 saturated heterocycles. The van der Waals surface area contributed by atoms with Crippen LogP contribution in [0.15, 0.2) is 11.8 Å². The van der Waals surface area contributed by atoms with Crippen molar-refractivity contribution in [1.82, 2.24) is 4.90 Å². The Morgan fingerprint density at radius 2 is 2.09 bits per heavy atom. The van der Waals surface area contributed by atoms with Gasteiger partial charge in [-0.3, -0.25) is 4.79 Å². The standard InChI is InChI=1S/C19H35NO3/c1-9-14(2)20(7)17(21)18(3,4)13-16(22-8)15-10-11-23-19(5,6)12-15/h9,15-16H,10-13H2,1-8H3. The molecule has 1 heterocycles. The van der Waals surface area contributed by atoms with Gasteiger partial charge in [0, 0.05) is 31.9 Å². The minimum atomic E-state index is -0.456. The number of allylic oxidation sites excluding steroid dienone is 2. The molecule has 1 aliphatic heterocycles. The minimum absolute atomic E-state index is 0.0800. The molecule has 1 aliphatic rings. The lowest BCUT2D eigenvalue weighted by Crippen LogP contribution is -2.44. The molecule has 1 fully saturated rings. The van der Waals surface area contributed by atoms with Gasteiger partial charge in [0.15, 0.2) is 0 Å². The summed E-state index contributed by atoms with van der Waals surface area (Å²) in [6.45, 7) is 13.0. The van der Waals surface area contributed by atoms with Gasteiger partial charge >= 0.3 is 0 Å². The first-order valence-electron chi connectivity index (χ1n) is 8.62. The lowest BCUT2D eigenvalue weighted by atomic mass is 9.77. The molecule has 0 spiro atoms. The zero-order valence-corrected chi connectivity index (χ0v) is 16.2. The van der Waals surface area contributed by atoms with E-state index < -0.39 is 5.41 Å². The number of amides is 1. The molecule has 0 radical (unpaired) electrons. The van der Waals surface area contributed by atoms with E-state index in [0.29, 0.717) is 5.92 Å². The summed E-state index contributed by atoms with van der Waals surface area (Å²) in [5.74, 6) is 0.574. The fraction of sp³-hybridized carbons (Fsp3) is 0.842. The van der Waals surface area contributed by atoms with Crippen LogP contribution in [-0.4, -0.2) is 43.3 Å². The Labute approximate surface area is 142 Å². The zero-order chi connectivity index (χ0) is 17.8. The van der Waals surface area contributed by atoms with E-state index in [2.05, 4.69) is 13.8 Å². The van der Waals surface area contributed by atoms with Crippen LogP contribution in [0.5, 0.6) is 0 Å². The Bertz CT molecular complexity index is 440. The first-order valence-corrected chi connectivity index (χ1v) is 8.62. The van der Waals surface area contributed by atoms with E-state index in [4.69, 9.17) is 9.47 Å². The Hall–Kier alpha value is -0.870. The number of hydrogen-bond acceptors (Lipinski definition) is 3. The van der Waals surface area contributed by atoms with Crippen molar-refractivity contribution in [2.45, 2.75) is 72.5 Å². The normalized spacial score (nSPS) is 23.5. The molecule has 4 nitrogen and oxygen atoms in total. The molecule has 0 aromatic heterocycles. The summed E-state index contributed by atoms with van der Waals surface area (Å²) in [5, 5.41) is 0. The van der Waals surface area contributed by atoms with E-state index in [-0.39, 0.29) is 17.6 Å². The van der Waals surface area contributed by atoms with Gasteiger partial charge in [-0.2, -0.15) is 0 Å². The molecule has 0 bridgehead atoms. The summed E-state index contributed by atoms with van der Waals surface area (Å²) in [6, 6.07) is 0. The minimum Gasteiger partial charge on any atom is -0.381 e. The van der Waals surface area contributed by atoms with Crippen molar-refractivity contribution in [3.8, 4) is 0 Å². The first kappa shape index (κ1) is 20.2. The average Bonchev–Trinajstić information content (AvgIpc) is 2.49. The summed E-state index contributed by atoms with van der Waals surface area (Å²) in [4.78, 5) is 14.6. The summed E-state index contributed by atoms with van der Waals surface area (Å²) in [7, 11) is 3.60. The zero-order valence-electron chi connectivity index (χ0n) is 16.2. The molecule has 0 saturated carbocycles. The number of ether oxygens (including phenoxy) is 2. The summed E-state index contributed by atoms with van der Waals surface area (Å²) >= 11 is 0. The van der Waals surface area contributed by atoms with Gasteiger partial charge in [-0.1, -0.05) is 19.9 Å². The largest absolute Gasteiger partial charge is 0.381 e. The van der Waals surface area contributed by atoms with E-state index in [0.717, 1.165) is 31.6 Å². The van der Waals surface area contributed by atoms with Crippen LogP contribution in [0.25, 0.3) is 0 Å². The predicted octanol–water partition coefficient (Wildman–Crippen LogP) is 4.01. The number of hydrogen-bond donors (Lipinski definition) is 0. The third-order valence-corrected chi connectivity index (χ3v) is 5.11. The maximum Gasteiger partial charge on any atom is 0.232 e. The molecule has 2 atom stereocenters. The molecule has 0 aromatic carbocycles. The Morgan fingerprint density at radius 1 is 1.48 bits per heavy atom. The van der Waals surface area contributed by atoms with Gasteiger partial charge in [0.1, 0.15) is 0 Å². The van der Waals surface area contributed by atoms with Crippen molar-refractivity contribution in [1.29, 1.82) is 0 Å². The van der Waals surface area contributed by atoms with Crippen molar-refractivity contribution in [2.75, 3.05) is 20.8 Å². The number of nitrogens with zero attached hydrogens (tertiary/aromatic N) is 1. The average molecular weight is 325 g/mol. The topological polar surface area (TPSA) is 38.8 Å². The number of methoxy groups -OCH3 is 1. The Morgan fingerprint density at radius 3 is 2.57 bits per heavy atom. The lowest BCUT2D eigenvalue weighted by molar-refractivity contribution is -0.142. The van der Waals surface area contributed by atoms with Crippen molar-refractivity contribution in [3.05, 3.63) is 11.8 Å². The second kappa shape index (κ2) is 7.80. The van der Waals surface area contributed by atoms with Crippen LogP contribution in [0.2, 0.25) is 0 Å². The molecule has 0 N–H and O–H groups in total. The molecular weight excluding hydrogens is 290 g/mol. The van der Waals surface area contributed by atoms with Crippen LogP contribution < -0.4 is 0 Å². The third kappa shape index (κ3) is 5.32. The maximum absolute atomic E-state index is 12.8. The van der Waals surface area contributed by atoms with Crippen LogP contribution in [0.4, 0.5) is 0 Å². The highest BCUT2D eigenvalue weighted by Gasteiger charge is 2.39. The fourth-order valence-corrected chi connectivity index (χ4v) is 3.44. The highest BCUT2D eigenvalue weighted by molar-refractivity contribution is 5.83. The van der Waals surface area contributed by atoms with Crippen LogP contribution in [0, 0.1) is 11.3 Å². The molecule has 1 rings (SSSR count). The van der Waals surface area contributed by atoms with E-state index >= 15 is 0 Å². The number of carbonyl (C=O) groups excluding carboxylic acids is 1. The SMILES string of the molecule is CC=C(C)N(C)C(=O)C(C)(C)CC(OC)C1CCOC(C)(C)C1. The Balaban J connectivity index is 2.82. The van der Waals surface area contributed by atoms with Gasteiger partial charge in [0.05, 0.1) is 11.7 Å². The smallest absolute Gasteiger partial charge is 0.232 e. The molecule has 0 aliphatic carbocycles. The van der Waals surface area contributed by atoms with Gasteiger partial charge in [0.25, 0.3) is 0 Å². The second-order valence-corrected chi connectivity index (χ2v) is 8.02. The molecule has 134 valence electrons. The second-order valence-electron chi connectivity index (χ2n) is 8.02. The van der Waals surface area contributed by atoms with Crippen LogP contribution >= 0.6 is 0 Å². The molecule has 4 heteroatoms. The fourth-order valence-electron chi connectivity index (χ4n) is 3.44. The lowest BCUT2D eigenvalue weighted by Gasteiger charge is -2.41. The van der Waals surface area contributed by atoms with Gasteiger partial charge < -0.3 is 14.4 Å². The number of carbonyl (C=O) groups is 1. The van der Waals surface area contributed by atoms with Gasteiger partial charge in [-0.15, -0.1) is 0 Å². The third-order valence-electron chi connectivity index (χ3n) is 5.11. The predicted molar refractivity (Wildman–Crippen MR) is 94.2 cm³/mol. The van der Waals surface area contributed by atoms with Crippen molar-refractivity contribution < 1.29 is 14.3 Å². The maximum atomic E-state index is 12.8. The Kier molecular flexibility index (Phi) is 6.84. The van der Waals surface area contributed by atoms with Crippen molar-refractivity contribution in [2.24, 2.45) is 11.3 Å². The summed E-state index contributed by atoms with van der Waals surface area (Å²) < 4.78 is 11.6. The van der Waals surface area contributed by atoms with E-state index in [9.17, 15) is 4.79 Å². The van der Waals surface area contributed by atoms with Crippen LogP contribution in [0.3, 0.4) is 0 Å². The van der Waals surface area contributed by atoms with E-state index in [1.54, 1.807) is 12.0 Å². The molecule has 1 amide bonds. The quantitative estimate of drug-likeness (QED) is 0.741. The van der Waals surface area contributed by atoms with Gasteiger partial charge in [-0.25, -0.2) is 0 Å². The highest BCUT2D eigenvalue weighted by Crippen LogP contribution is 2.37. The molecular formula is C19H35NO3. The molecule has 2 unspecified atom stereocenters. The van der Waals surface area contributed by atoms with Gasteiger partial charge in [-0.05, 0) is 52.9 Å². The van der Waals surface area contributed by atoms with Gasteiger partial charge in [0.2, 0.25) is 5.91 Å². The van der Waals surface area contributed by atoms with E-state index in [1.165, 1.54) is 0 Å². The molecule has 0 aromatic rings. The summed E-state index contributed by atoms with van der Waals surface area (Å²) in [6.07, 6.45) is 4.74. The van der Waals surface area contributed by atoms with Crippen molar-refractivity contribution >= 4 is 5.91 Å². The van der Waals surface area contributed by atoms with Crippen molar-refractivity contribution in [3.63, 3.8) is 0 Å². The highest BCUT2D eigenvalue weighted by atomic mass is 16.5. The molecule has 23 heavy (non-hydrogen) atoms. The van der Waals surface area contributed by atoms with E-state index in [1.807, 2.05) is 40.8 Å². The number of rotatable bonds is 6.